The molecule has 32 heavy (non-hydrogen) atoms. The van der Waals surface area contributed by atoms with Crippen LogP contribution in [-0.4, -0.2) is 19.0 Å². The van der Waals surface area contributed by atoms with Crippen molar-refractivity contribution in [3.8, 4) is 11.8 Å². The van der Waals surface area contributed by atoms with Gasteiger partial charge in [-0.15, -0.1) is 0 Å². The molecule has 3 rings (SSSR count). The minimum Gasteiger partial charge on any atom is -0.489 e. The monoisotopic (exact) mass is 430 g/mol. The van der Waals surface area contributed by atoms with Crippen LogP contribution in [-0.2, 0) is 16.1 Å². The number of ether oxygens (including phenoxy) is 2. The quantitative estimate of drug-likeness (QED) is 0.332. The SMILES string of the molecule is COC(=O)c1ccccc1NC(=O)C(C#N)=Cc1ccc(OCc2ccc(F)cc2)cc1. The number of carbonyl (C=O) groups excluding carboxylic acids is 2. The Kier molecular flexibility index (Phi) is 7.33. The molecule has 0 aliphatic carbocycles. The molecule has 6 nitrogen and oxygen atoms in total. The number of benzene rings is 3. The molecule has 1 N–H and O–H groups in total. The molecular formula is C25H19FN2O4. The van der Waals surface area contributed by atoms with Gasteiger partial charge in [0.05, 0.1) is 18.4 Å². The summed E-state index contributed by atoms with van der Waals surface area (Å²) in [6.07, 6.45) is 1.43. The lowest BCUT2D eigenvalue weighted by atomic mass is 10.1. The summed E-state index contributed by atoms with van der Waals surface area (Å²) in [5, 5.41) is 12.0. The van der Waals surface area contributed by atoms with Gasteiger partial charge in [-0.1, -0.05) is 36.4 Å². The van der Waals surface area contributed by atoms with E-state index in [9.17, 15) is 19.2 Å². The Hall–Kier alpha value is -4.44. The lowest BCUT2D eigenvalue weighted by Crippen LogP contribution is -2.16. The van der Waals surface area contributed by atoms with Gasteiger partial charge in [0, 0.05) is 0 Å². The zero-order valence-corrected chi connectivity index (χ0v) is 17.2. The second-order valence-corrected chi connectivity index (χ2v) is 6.65. The highest BCUT2D eigenvalue weighted by molar-refractivity contribution is 6.11. The second-order valence-electron chi connectivity index (χ2n) is 6.65. The molecule has 0 bridgehead atoms. The maximum atomic E-state index is 13.0. The van der Waals surface area contributed by atoms with Crippen molar-refractivity contribution in [2.75, 3.05) is 12.4 Å². The number of methoxy groups -OCH3 is 1. The maximum Gasteiger partial charge on any atom is 0.339 e. The van der Waals surface area contributed by atoms with E-state index in [1.807, 2.05) is 6.07 Å². The molecule has 0 saturated heterocycles. The number of anilines is 1. The van der Waals surface area contributed by atoms with Gasteiger partial charge in [-0.25, -0.2) is 9.18 Å². The number of esters is 1. The van der Waals surface area contributed by atoms with Crippen LogP contribution in [0.3, 0.4) is 0 Å². The van der Waals surface area contributed by atoms with E-state index in [-0.39, 0.29) is 29.2 Å². The first-order valence-corrected chi connectivity index (χ1v) is 9.58. The first-order chi connectivity index (χ1) is 15.5. The van der Waals surface area contributed by atoms with Crippen molar-refractivity contribution in [1.29, 1.82) is 5.26 Å². The smallest absolute Gasteiger partial charge is 0.339 e. The molecule has 3 aromatic carbocycles. The van der Waals surface area contributed by atoms with E-state index < -0.39 is 11.9 Å². The van der Waals surface area contributed by atoms with Crippen molar-refractivity contribution in [2.45, 2.75) is 6.61 Å². The number of amides is 1. The summed E-state index contributed by atoms with van der Waals surface area (Å²) in [4.78, 5) is 24.4. The Morgan fingerprint density at radius 1 is 1.03 bits per heavy atom. The van der Waals surface area contributed by atoms with Crippen LogP contribution in [0, 0.1) is 17.1 Å². The Morgan fingerprint density at radius 2 is 1.72 bits per heavy atom. The van der Waals surface area contributed by atoms with Gasteiger partial charge in [-0.3, -0.25) is 4.79 Å². The highest BCUT2D eigenvalue weighted by Crippen LogP contribution is 2.19. The number of nitrogens with one attached hydrogen (secondary N) is 1. The number of para-hydroxylation sites is 1. The first kappa shape index (κ1) is 22.2. The summed E-state index contributed by atoms with van der Waals surface area (Å²) in [5.74, 6) is -0.974. The molecular weight excluding hydrogens is 411 g/mol. The van der Waals surface area contributed by atoms with Crippen LogP contribution in [0.4, 0.5) is 10.1 Å². The van der Waals surface area contributed by atoms with E-state index in [4.69, 9.17) is 9.47 Å². The molecule has 0 unspecified atom stereocenters. The largest absolute Gasteiger partial charge is 0.489 e. The molecule has 160 valence electrons. The van der Waals surface area contributed by atoms with Crippen molar-refractivity contribution in [3.05, 3.63) is 101 Å². The third-order valence-corrected chi connectivity index (χ3v) is 4.46. The number of hydrogen-bond acceptors (Lipinski definition) is 5. The molecule has 3 aromatic rings. The summed E-state index contributed by atoms with van der Waals surface area (Å²) in [6.45, 7) is 0.279. The minimum absolute atomic E-state index is 0.135. The van der Waals surface area contributed by atoms with Crippen molar-refractivity contribution in [1.82, 2.24) is 0 Å². The van der Waals surface area contributed by atoms with Gasteiger partial charge in [0.1, 0.15) is 29.8 Å². The molecule has 0 heterocycles. The van der Waals surface area contributed by atoms with Gasteiger partial charge in [0.15, 0.2) is 0 Å². The van der Waals surface area contributed by atoms with Crippen LogP contribution >= 0.6 is 0 Å². The zero-order valence-electron chi connectivity index (χ0n) is 17.2. The van der Waals surface area contributed by atoms with Crippen molar-refractivity contribution in [3.63, 3.8) is 0 Å². The number of carbonyl (C=O) groups is 2. The molecule has 0 aromatic heterocycles. The second kappa shape index (κ2) is 10.5. The molecule has 1 amide bonds. The normalized spacial score (nSPS) is 10.7. The van der Waals surface area contributed by atoms with E-state index in [0.29, 0.717) is 11.3 Å². The summed E-state index contributed by atoms with van der Waals surface area (Å²) >= 11 is 0. The van der Waals surface area contributed by atoms with Crippen LogP contribution in [0.5, 0.6) is 5.75 Å². The number of halogens is 1. The zero-order chi connectivity index (χ0) is 22.9. The van der Waals surface area contributed by atoms with Crippen LogP contribution in [0.2, 0.25) is 0 Å². The minimum atomic E-state index is -0.652. The molecule has 0 saturated carbocycles. The third-order valence-electron chi connectivity index (χ3n) is 4.46. The van der Waals surface area contributed by atoms with Crippen LogP contribution in [0.25, 0.3) is 6.08 Å². The number of rotatable bonds is 7. The van der Waals surface area contributed by atoms with Gasteiger partial charge in [-0.2, -0.15) is 5.26 Å². The summed E-state index contributed by atoms with van der Waals surface area (Å²) in [5.41, 5.74) is 1.74. The predicted molar refractivity (Wildman–Crippen MR) is 117 cm³/mol. The van der Waals surface area contributed by atoms with Gasteiger partial charge in [0.25, 0.3) is 5.91 Å². The lowest BCUT2D eigenvalue weighted by Gasteiger charge is -2.09. The Labute approximate surface area is 184 Å². The van der Waals surface area contributed by atoms with Gasteiger partial charge < -0.3 is 14.8 Å². The number of nitrogens with zero attached hydrogens (tertiary/aromatic N) is 1. The van der Waals surface area contributed by atoms with Gasteiger partial charge in [0.2, 0.25) is 0 Å². The van der Waals surface area contributed by atoms with Gasteiger partial charge in [-0.05, 0) is 53.6 Å². The summed E-state index contributed by atoms with van der Waals surface area (Å²) < 4.78 is 23.3. The van der Waals surface area contributed by atoms with Crippen LogP contribution in [0.1, 0.15) is 21.5 Å². The van der Waals surface area contributed by atoms with E-state index in [1.54, 1.807) is 54.6 Å². The van der Waals surface area contributed by atoms with Gasteiger partial charge >= 0.3 is 5.97 Å². The fraction of sp³-hybridized carbons (Fsp3) is 0.0800. The van der Waals surface area contributed by atoms with Crippen LogP contribution < -0.4 is 10.1 Å². The first-order valence-electron chi connectivity index (χ1n) is 9.58. The molecule has 7 heteroatoms. The highest BCUT2D eigenvalue weighted by Gasteiger charge is 2.15. The molecule has 0 radical (unpaired) electrons. The predicted octanol–water partition coefficient (Wildman–Crippen LogP) is 4.74. The molecule has 0 fully saturated rings. The number of hydrogen-bond donors (Lipinski definition) is 1. The Balaban J connectivity index is 1.68. The fourth-order valence-corrected chi connectivity index (χ4v) is 2.79. The maximum absolute atomic E-state index is 13.0. The van der Waals surface area contributed by atoms with Crippen LogP contribution in [0.15, 0.2) is 78.4 Å². The fourth-order valence-electron chi connectivity index (χ4n) is 2.79. The van der Waals surface area contributed by atoms with E-state index in [2.05, 4.69) is 5.32 Å². The molecule has 0 atom stereocenters. The standard InChI is InChI=1S/C25H19FN2O4/c1-31-25(30)22-4-2-3-5-23(22)28-24(29)19(15-27)14-17-8-12-21(13-9-17)32-16-18-6-10-20(26)11-7-18/h2-14H,16H2,1H3,(H,28,29). The summed E-state index contributed by atoms with van der Waals surface area (Å²) in [6, 6.07) is 21.1. The topological polar surface area (TPSA) is 88.4 Å². The average Bonchev–Trinajstić information content (AvgIpc) is 2.82. The average molecular weight is 430 g/mol. The van der Waals surface area contributed by atoms with E-state index in [0.717, 1.165) is 5.56 Å². The molecule has 0 aliphatic heterocycles. The van der Waals surface area contributed by atoms with Crippen molar-refractivity contribution in [2.24, 2.45) is 0 Å². The number of nitriles is 1. The Morgan fingerprint density at radius 3 is 2.38 bits per heavy atom. The van der Waals surface area contributed by atoms with E-state index >= 15 is 0 Å². The lowest BCUT2D eigenvalue weighted by molar-refractivity contribution is -0.112. The van der Waals surface area contributed by atoms with E-state index in [1.165, 1.54) is 31.4 Å². The highest BCUT2D eigenvalue weighted by atomic mass is 19.1. The molecule has 0 spiro atoms. The summed E-state index contributed by atoms with van der Waals surface area (Å²) in [7, 11) is 1.24. The van der Waals surface area contributed by atoms with Crippen molar-refractivity contribution < 1.29 is 23.5 Å². The Bertz CT molecular complexity index is 1180. The van der Waals surface area contributed by atoms with Crippen molar-refractivity contribution >= 4 is 23.6 Å². The third kappa shape index (κ3) is 5.80. The molecule has 0 aliphatic rings.